The van der Waals surface area contributed by atoms with E-state index in [0.717, 1.165) is 115 Å². The molecule has 0 unspecified atom stereocenters. The van der Waals surface area contributed by atoms with Gasteiger partial charge in [0.2, 0.25) is 0 Å². The SMILES string of the molecule is O=C1CCc2cc(c(O)c(OC3CCCC3)c2)Cc2cccc(c2)[C@@H]2CC[C@H]([N-]c3[nH]ccc32)C2=Cc3[n-]ccc3[C@@H](CCCCc3cccc(O)c3)[C@@H]2C(=O)C1. The van der Waals surface area contributed by atoms with Crippen molar-refractivity contribution in [3.63, 3.8) is 0 Å². The molecule has 8 nitrogen and oxygen atoms in total. The van der Waals surface area contributed by atoms with Crippen LogP contribution in [-0.4, -0.2) is 38.9 Å². The summed E-state index contributed by atoms with van der Waals surface area (Å²) in [6, 6.07) is 23.9. The van der Waals surface area contributed by atoms with Crippen molar-refractivity contribution in [1.82, 2.24) is 9.97 Å². The largest absolute Gasteiger partial charge is 0.664 e. The number of aryl methyl sites for hydroxylation is 2. The van der Waals surface area contributed by atoms with Crippen molar-refractivity contribution in [3.05, 3.63) is 141 Å². The zero-order chi connectivity index (χ0) is 38.9. The first-order valence-electron chi connectivity index (χ1n) is 21.0. The Morgan fingerprint density at radius 3 is 2.58 bits per heavy atom. The molecule has 0 spiro atoms. The highest BCUT2D eigenvalue weighted by atomic mass is 16.5. The highest BCUT2D eigenvalue weighted by Crippen LogP contribution is 2.50. The summed E-state index contributed by atoms with van der Waals surface area (Å²) in [5, 5.41) is 27.0. The van der Waals surface area contributed by atoms with E-state index in [1.54, 1.807) is 6.07 Å². The molecular weight excluding hydrogens is 711 g/mol. The third-order valence-electron chi connectivity index (χ3n) is 12.9. The number of rotatable bonds is 7. The second kappa shape index (κ2) is 16.2. The summed E-state index contributed by atoms with van der Waals surface area (Å²) in [5.41, 5.74) is 9.16. The number of aromatic nitrogens is 2. The molecule has 3 N–H and O–H groups in total. The van der Waals surface area contributed by atoms with Crippen molar-refractivity contribution in [2.45, 2.75) is 114 Å². The number of H-pyrrole nitrogens is 1. The molecule has 4 atom stereocenters. The number of benzene rings is 3. The Hall–Kier alpha value is -5.50. The first-order chi connectivity index (χ1) is 27.9. The average Bonchev–Trinajstić information content (AvgIpc) is 3.98. The number of unbranched alkanes of at least 4 members (excludes halogenated alkanes) is 1. The van der Waals surface area contributed by atoms with Gasteiger partial charge in [-0.05, 0) is 122 Å². The Labute approximate surface area is 334 Å². The van der Waals surface area contributed by atoms with Gasteiger partial charge >= 0.3 is 0 Å². The standard InChI is InChI=1S/C49H51N3O5/c53-35-11-6-8-30(26-35)7-1-4-14-40-39-19-21-50-44(39)29-42-43-18-17-38(41-20-22-51-49(41)52-43)33-10-5-9-31(23-33)24-34-25-32(15-16-36(54)28-45(55)47(40)42)27-46(48(34)56)57-37-12-2-3-13-37/h5-6,8-11,19-23,25-27,29,37-38,40,43,47,51,53,56H,1-4,7,12-18,24,28H2/q-2/t38-,40+,43-,47-/m0/s1. The Morgan fingerprint density at radius 2 is 1.70 bits per heavy atom. The van der Waals surface area contributed by atoms with E-state index >= 15 is 0 Å². The Morgan fingerprint density at radius 1 is 0.825 bits per heavy atom. The van der Waals surface area contributed by atoms with Crippen molar-refractivity contribution < 1.29 is 24.5 Å². The average molecular weight is 762 g/mol. The molecule has 57 heavy (non-hydrogen) atoms. The van der Waals surface area contributed by atoms with Gasteiger partial charge in [-0.3, -0.25) is 9.59 Å². The third kappa shape index (κ3) is 7.92. The van der Waals surface area contributed by atoms with E-state index in [1.165, 1.54) is 5.56 Å². The van der Waals surface area contributed by atoms with Crippen LogP contribution in [0.25, 0.3) is 11.4 Å². The fraction of sp³-hybridized carbons (Fsp3) is 0.388. The maximum absolute atomic E-state index is 14.8. The molecule has 8 heteroatoms. The predicted molar refractivity (Wildman–Crippen MR) is 221 cm³/mol. The van der Waals surface area contributed by atoms with Crippen LogP contribution in [-0.2, 0) is 28.9 Å². The molecule has 1 fully saturated rings. The lowest BCUT2D eigenvalue weighted by Crippen LogP contribution is -2.33. The smallest absolute Gasteiger partial charge is 0.161 e. The molecule has 9 rings (SSSR count). The first-order valence-corrected chi connectivity index (χ1v) is 21.0. The molecule has 2 aromatic heterocycles. The topological polar surface area (TPSA) is 128 Å². The van der Waals surface area contributed by atoms with Crippen LogP contribution in [0, 0.1) is 5.92 Å². The molecule has 6 bridgehead atoms. The molecule has 3 heterocycles. The summed E-state index contributed by atoms with van der Waals surface area (Å²) in [7, 11) is 0. The second-order valence-corrected chi connectivity index (χ2v) is 16.7. The molecule has 5 aromatic rings. The quantitative estimate of drug-likeness (QED) is 0.112. The van der Waals surface area contributed by atoms with E-state index in [0.29, 0.717) is 18.6 Å². The van der Waals surface area contributed by atoms with Gasteiger partial charge in [-0.25, -0.2) is 0 Å². The molecule has 1 aliphatic heterocycles. The summed E-state index contributed by atoms with van der Waals surface area (Å²) in [4.78, 5) is 36.9. The number of Topliss-reactive ketones (excluding diaryl/α,β-unsaturated/α-hetero) is 2. The Bertz CT molecular complexity index is 2290. The number of ketones is 2. The van der Waals surface area contributed by atoms with Crippen LogP contribution < -0.4 is 9.72 Å². The zero-order valence-electron chi connectivity index (χ0n) is 32.5. The van der Waals surface area contributed by atoms with Gasteiger partial charge in [-0.2, -0.15) is 6.20 Å². The minimum absolute atomic E-state index is 0.0516. The van der Waals surface area contributed by atoms with Crippen LogP contribution in [0.4, 0.5) is 5.82 Å². The molecule has 294 valence electrons. The van der Waals surface area contributed by atoms with Crippen molar-refractivity contribution in [3.8, 4) is 17.2 Å². The maximum atomic E-state index is 14.8. The first kappa shape index (κ1) is 37.1. The fourth-order valence-electron chi connectivity index (χ4n) is 10.0. The number of nitrogens with one attached hydrogen (secondary N) is 1. The molecule has 0 amide bonds. The molecule has 0 saturated heterocycles. The van der Waals surface area contributed by atoms with Crippen molar-refractivity contribution >= 4 is 23.5 Å². The summed E-state index contributed by atoms with van der Waals surface area (Å²) < 4.78 is 6.42. The number of hydrogen-bond acceptors (Lipinski definition) is 5. The number of ether oxygens (including phenoxy) is 1. The Balaban J connectivity index is 1.08. The summed E-state index contributed by atoms with van der Waals surface area (Å²) in [5.74, 6) is 1.08. The van der Waals surface area contributed by atoms with Crippen LogP contribution in [0.5, 0.6) is 17.2 Å². The summed E-state index contributed by atoms with van der Waals surface area (Å²) in [6.45, 7) is 0. The predicted octanol–water partition coefficient (Wildman–Crippen LogP) is 10.3. The number of hydrogen-bond donors (Lipinski definition) is 3. The van der Waals surface area contributed by atoms with E-state index in [2.05, 4.69) is 41.4 Å². The normalized spacial score (nSPS) is 22.4. The van der Waals surface area contributed by atoms with Gasteiger partial charge in [0.05, 0.1) is 12.5 Å². The van der Waals surface area contributed by atoms with Crippen LogP contribution in [0.15, 0.2) is 90.8 Å². The van der Waals surface area contributed by atoms with Crippen molar-refractivity contribution in [2.24, 2.45) is 5.92 Å². The van der Waals surface area contributed by atoms with Gasteiger partial charge < -0.3 is 30.2 Å². The number of carbonyl (C=O) groups is 2. The molecular formula is C49H51N3O5-2. The fourth-order valence-corrected chi connectivity index (χ4v) is 10.0. The van der Waals surface area contributed by atoms with Crippen LogP contribution in [0.3, 0.4) is 0 Å². The summed E-state index contributed by atoms with van der Waals surface area (Å²) in [6.07, 6.45) is 16.2. The van der Waals surface area contributed by atoms with Crippen LogP contribution >= 0.6 is 0 Å². The lowest BCUT2D eigenvalue weighted by Gasteiger charge is -2.40. The number of aromatic amines is 1. The molecule has 3 aromatic carbocycles. The highest BCUT2D eigenvalue weighted by Gasteiger charge is 2.39. The molecule has 0 radical (unpaired) electrons. The Kier molecular flexibility index (Phi) is 10.5. The van der Waals surface area contributed by atoms with Crippen LogP contribution in [0.2, 0.25) is 0 Å². The highest BCUT2D eigenvalue weighted by molar-refractivity contribution is 6.02. The lowest BCUT2D eigenvalue weighted by molar-refractivity contribution is -0.129. The van der Waals surface area contributed by atoms with Gasteiger partial charge in [0, 0.05) is 30.2 Å². The van der Waals surface area contributed by atoms with Crippen molar-refractivity contribution in [2.75, 3.05) is 0 Å². The molecule has 4 aliphatic rings. The van der Waals surface area contributed by atoms with Gasteiger partial charge in [0.1, 0.15) is 17.3 Å². The van der Waals surface area contributed by atoms with E-state index < -0.39 is 5.92 Å². The second-order valence-electron chi connectivity index (χ2n) is 16.7. The molecule has 3 aliphatic carbocycles. The third-order valence-corrected chi connectivity index (χ3v) is 12.9. The maximum Gasteiger partial charge on any atom is 0.161 e. The minimum Gasteiger partial charge on any atom is -0.664 e. The number of carbonyl (C=O) groups excluding carboxylic acids is 2. The monoisotopic (exact) mass is 761 g/mol. The lowest BCUT2D eigenvalue weighted by atomic mass is 9.69. The van der Waals surface area contributed by atoms with Gasteiger partial charge in [0.25, 0.3) is 0 Å². The van der Waals surface area contributed by atoms with E-state index in [-0.39, 0.29) is 59.9 Å². The number of aromatic hydroxyl groups is 2. The van der Waals surface area contributed by atoms with Gasteiger partial charge in [0.15, 0.2) is 11.5 Å². The van der Waals surface area contributed by atoms with E-state index in [4.69, 9.17) is 15.0 Å². The van der Waals surface area contributed by atoms with Crippen molar-refractivity contribution in [1.29, 1.82) is 0 Å². The number of phenolic OH excluding ortho intramolecular Hbond substituents is 2. The van der Waals surface area contributed by atoms with Crippen LogP contribution in [0.1, 0.15) is 127 Å². The van der Waals surface area contributed by atoms with E-state index in [9.17, 15) is 19.8 Å². The minimum atomic E-state index is -0.496. The zero-order valence-corrected chi connectivity index (χ0v) is 32.5. The van der Waals surface area contributed by atoms with Gasteiger partial charge in [-0.1, -0.05) is 90.2 Å². The van der Waals surface area contributed by atoms with Gasteiger partial charge in [-0.15, -0.1) is 5.69 Å². The summed E-state index contributed by atoms with van der Waals surface area (Å²) >= 11 is 0. The molecule has 1 saturated carbocycles. The number of nitrogens with zero attached hydrogens (tertiary/aromatic N) is 2. The number of fused-ring (bicyclic) bond motifs is 13. The number of phenols is 2. The van der Waals surface area contributed by atoms with E-state index in [1.807, 2.05) is 48.8 Å².